The molecule has 6 nitrogen and oxygen atoms in total. The van der Waals surface area contributed by atoms with Crippen molar-refractivity contribution in [2.45, 2.75) is 0 Å². The van der Waals surface area contributed by atoms with Gasteiger partial charge in [0.15, 0.2) is 0 Å². The van der Waals surface area contributed by atoms with Gasteiger partial charge in [-0.15, -0.1) is 0 Å². The maximum Gasteiger partial charge on any atom is 0.258 e. The Bertz CT molecular complexity index is 586. The minimum Gasteiger partial charge on any atom is -0.366 e. The molecule has 18 heavy (non-hydrogen) atoms. The molecule has 0 aliphatic rings. The van der Waals surface area contributed by atoms with E-state index in [4.69, 9.17) is 5.73 Å². The van der Waals surface area contributed by atoms with E-state index in [2.05, 4.69) is 10.4 Å². The number of nitrogens with one attached hydrogen (secondary N) is 1. The van der Waals surface area contributed by atoms with Crippen LogP contribution in [0.3, 0.4) is 0 Å². The molecular formula is C12H12N4O2. The monoisotopic (exact) mass is 244 g/mol. The highest BCUT2D eigenvalue weighted by Crippen LogP contribution is 2.10. The van der Waals surface area contributed by atoms with Crippen LogP contribution in [0.15, 0.2) is 36.7 Å². The van der Waals surface area contributed by atoms with Crippen molar-refractivity contribution in [1.29, 1.82) is 0 Å². The van der Waals surface area contributed by atoms with Crippen LogP contribution in [0.25, 0.3) is 0 Å². The van der Waals surface area contributed by atoms with Gasteiger partial charge in [0.1, 0.15) is 0 Å². The van der Waals surface area contributed by atoms with Crippen molar-refractivity contribution in [3.05, 3.63) is 47.8 Å². The first-order chi connectivity index (χ1) is 8.56. The van der Waals surface area contributed by atoms with Crippen molar-refractivity contribution < 1.29 is 9.59 Å². The lowest BCUT2D eigenvalue weighted by Crippen LogP contribution is -2.13. The molecule has 0 saturated carbocycles. The van der Waals surface area contributed by atoms with Crippen LogP contribution >= 0.6 is 0 Å². The highest BCUT2D eigenvalue weighted by atomic mass is 16.2. The molecule has 0 aliphatic heterocycles. The molecule has 0 atom stereocenters. The Morgan fingerprint density at radius 3 is 2.39 bits per heavy atom. The fourth-order valence-electron chi connectivity index (χ4n) is 1.46. The second kappa shape index (κ2) is 4.70. The lowest BCUT2D eigenvalue weighted by atomic mass is 10.2. The third-order valence-electron chi connectivity index (χ3n) is 2.39. The summed E-state index contributed by atoms with van der Waals surface area (Å²) in [5, 5.41) is 6.60. The van der Waals surface area contributed by atoms with Crippen LogP contribution in [0.4, 0.5) is 5.69 Å². The first kappa shape index (κ1) is 11.8. The Morgan fingerprint density at radius 1 is 1.22 bits per heavy atom. The molecule has 3 N–H and O–H groups in total. The van der Waals surface area contributed by atoms with Gasteiger partial charge in [-0.25, -0.2) is 0 Å². The number of rotatable bonds is 3. The van der Waals surface area contributed by atoms with E-state index in [1.807, 2.05) is 0 Å². The second-order valence-corrected chi connectivity index (χ2v) is 3.80. The molecule has 92 valence electrons. The maximum atomic E-state index is 11.8. The first-order valence-electron chi connectivity index (χ1n) is 5.26. The lowest BCUT2D eigenvalue weighted by Gasteiger charge is -2.03. The molecule has 2 amide bonds. The van der Waals surface area contributed by atoms with E-state index in [-0.39, 0.29) is 5.91 Å². The predicted octanol–water partition coefficient (Wildman–Crippen LogP) is 0.771. The maximum absolute atomic E-state index is 11.8. The number of benzene rings is 1. The Labute approximate surface area is 103 Å². The molecule has 0 fully saturated rings. The van der Waals surface area contributed by atoms with Crippen molar-refractivity contribution in [3.8, 4) is 0 Å². The van der Waals surface area contributed by atoms with E-state index in [0.717, 1.165) is 0 Å². The van der Waals surface area contributed by atoms with Gasteiger partial charge in [0.25, 0.3) is 5.91 Å². The van der Waals surface area contributed by atoms with Crippen LogP contribution in [0.5, 0.6) is 0 Å². The number of anilines is 1. The third-order valence-corrected chi connectivity index (χ3v) is 2.39. The number of amides is 2. The highest BCUT2D eigenvalue weighted by molar-refractivity contribution is 6.04. The quantitative estimate of drug-likeness (QED) is 0.835. The summed E-state index contributed by atoms with van der Waals surface area (Å²) in [6.45, 7) is 0. The molecule has 0 radical (unpaired) electrons. The normalized spacial score (nSPS) is 10.1. The molecular weight excluding hydrogens is 232 g/mol. The number of carbonyl (C=O) groups is 2. The third kappa shape index (κ3) is 2.54. The van der Waals surface area contributed by atoms with Gasteiger partial charge in [-0.1, -0.05) is 0 Å². The fraction of sp³-hybridized carbons (Fsp3) is 0.0833. The summed E-state index contributed by atoms with van der Waals surface area (Å²) < 4.78 is 1.55. The Morgan fingerprint density at radius 2 is 1.89 bits per heavy atom. The summed E-state index contributed by atoms with van der Waals surface area (Å²) in [6.07, 6.45) is 3.10. The molecule has 1 heterocycles. The average Bonchev–Trinajstić information content (AvgIpc) is 2.76. The van der Waals surface area contributed by atoms with Crippen LogP contribution in [-0.2, 0) is 7.05 Å². The molecule has 6 heteroatoms. The number of primary amides is 1. The van der Waals surface area contributed by atoms with Gasteiger partial charge in [-0.3, -0.25) is 14.3 Å². The van der Waals surface area contributed by atoms with Crippen molar-refractivity contribution in [3.63, 3.8) is 0 Å². The molecule has 1 aromatic heterocycles. The summed E-state index contributed by atoms with van der Waals surface area (Å²) in [6, 6.07) is 6.35. The van der Waals surface area contributed by atoms with Crippen molar-refractivity contribution >= 4 is 17.5 Å². The summed E-state index contributed by atoms with van der Waals surface area (Å²) in [4.78, 5) is 22.7. The van der Waals surface area contributed by atoms with E-state index in [0.29, 0.717) is 16.8 Å². The molecule has 2 aromatic rings. The Kier molecular flexibility index (Phi) is 3.09. The number of aryl methyl sites for hydroxylation is 1. The molecule has 0 bridgehead atoms. The molecule has 1 aromatic carbocycles. The largest absolute Gasteiger partial charge is 0.366 e. The number of aromatic nitrogens is 2. The van der Waals surface area contributed by atoms with Crippen molar-refractivity contribution in [2.75, 3.05) is 5.32 Å². The number of carbonyl (C=O) groups excluding carboxylic acids is 2. The SMILES string of the molecule is Cn1cc(C(=O)Nc2ccc(C(N)=O)cc2)cn1. The first-order valence-corrected chi connectivity index (χ1v) is 5.26. The van der Waals surface area contributed by atoms with Crippen LogP contribution in [0.1, 0.15) is 20.7 Å². The van der Waals surface area contributed by atoms with Gasteiger partial charge in [0.2, 0.25) is 5.91 Å². The second-order valence-electron chi connectivity index (χ2n) is 3.80. The van der Waals surface area contributed by atoms with Gasteiger partial charge >= 0.3 is 0 Å². The van der Waals surface area contributed by atoms with E-state index in [1.165, 1.54) is 6.20 Å². The van der Waals surface area contributed by atoms with E-state index in [9.17, 15) is 9.59 Å². The van der Waals surface area contributed by atoms with Gasteiger partial charge < -0.3 is 11.1 Å². The minimum absolute atomic E-state index is 0.255. The number of hydrogen-bond donors (Lipinski definition) is 2. The molecule has 0 unspecified atom stereocenters. The topological polar surface area (TPSA) is 90.0 Å². The zero-order chi connectivity index (χ0) is 13.1. The minimum atomic E-state index is -0.500. The van der Waals surface area contributed by atoms with Gasteiger partial charge in [0, 0.05) is 24.5 Å². The Balaban J connectivity index is 2.10. The lowest BCUT2D eigenvalue weighted by molar-refractivity contribution is 0.0998. The number of hydrogen-bond acceptors (Lipinski definition) is 3. The highest BCUT2D eigenvalue weighted by Gasteiger charge is 2.08. The Hall–Kier alpha value is -2.63. The van der Waals surface area contributed by atoms with Crippen molar-refractivity contribution in [1.82, 2.24) is 9.78 Å². The summed E-state index contributed by atoms with van der Waals surface area (Å²) >= 11 is 0. The molecule has 0 aliphatic carbocycles. The molecule has 2 rings (SSSR count). The smallest absolute Gasteiger partial charge is 0.258 e. The van der Waals surface area contributed by atoms with E-state index in [1.54, 1.807) is 42.2 Å². The van der Waals surface area contributed by atoms with Gasteiger partial charge in [0.05, 0.1) is 11.8 Å². The zero-order valence-corrected chi connectivity index (χ0v) is 9.75. The standard InChI is InChI=1S/C12H12N4O2/c1-16-7-9(6-14-16)12(18)15-10-4-2-8(3-5-10)11(13)17/h2-7H,1H3,(H2,13,17)(H,15,18). The van der Waals surface area contributed by atoms with Gasteiger partial charge in [-0.05, 0) is 24.3 Å². The number of nitrogens with zero attached hydrogens (tertiary/aromatic N) is 2. The summed E-state index contributed by atoms with van der Waals surface area (Å²) in [5.41, 5.74) is 6.58. The zero-order valence-electron chi connectivity index (χ0n) is 9.75. The van der Waals surface area contributed by atoms with E-state index < -0.39 is 5.91 Å². The molecule has 0 spiro atoms. The van der Waals surface area contributed by atoms with Crippen LogP contribution < -0.4 is 11.1 Å². The average molecular weight is 244 g/mol. The number of nitrogens with two attached hydrogens (primary N) is 1. The fourth-order valence-corrected chi connectivity index (χ4v) is 1.46. The van der Waals surface area contributed by atoms with Gasteiger partial charge in [-0.2, -0.15) is 5.10 Å². The van der Waals surface area contributed by atoms with Crippen LogP contribution in [0.2, 0.25) is 0 Å². The predicted molar refractivity (Wildman–Crippen MR) is 66.1 cm³/mol. The molecule has 0 saturated heterocycles. The van der Waals surface area contributed by atoms with Crippen LogP contribution in [-0.4, -0.2) is 21.6 Å². The summed E-state index contributed by atoms with van der Waals surface area (Å²) in [5.74, 6) is -0.755. The van der Waals surface area contributed by atoms with Crippen LogP contribution in [0, 0.1) is 0 Å². The van der Waals surface area contributed by atoms with E-state index >= 15 is 0 Å². The van der Waals surface area contributed by atoms with Crippen molar-refractivity contribution in [2.24, 2.45) is 12.8 Å². The summed E-state index contributed by atoms with van der Waals surface area (Å²) in [7, 11) is 1.73.